The Morgan fingerprint density at radius 1 is 1.50 bits per heavy atom. The minimum Gasteiger partial charge on any atom is -0.353 e. The van der Waals surface area contributed by atoms with Crippen LogP contribution in [0, 0.1) is 11.3 Å². The standard InChI is InChI=1S/C12H23N3O/c1-4-7-11(3)14-12(16)10-15(5-2)9-6-8-13/h11H,4-7,9-10H2,1-3H3,(H,14,16). The third-order valence-corrected chi connectivity index (χ3v) is 2.48. The Bertz CT molecular complexity index is 235. The van der Waals surface area contributed by atoms with Gasteiger partial charge >= 0.3 is 0 Å². The average Bonchev–Trinajstić information content (AvgIpc) is 2.24. The highest BCUT2D eigenvalue weighted by molar-refractivity contribution is 5.78. The fraction of sp³-hybridized carbons (Fsp3) is 0.833. The first-order valence-electron chi connectivity index (χ1n) is 6.02. The highest BCUT2D eigenvalue weighted by Crippen LogP contribution is 1.96. The molecule has 0 heterocycles. The third kappa shape index (κ3) is 7.24. The van der Waals surface area contributed by atoms with Crippen LogP contribution in [-0.4, -0.2) is 36.5 Å². The molecule has 0 fully saturated rings. The molecule has 1 unspecified atom stereocenters. The topological polar surface area (TPSA) is 56.1 Å². The fourth-order valence-corrected chi connectivity index (χ4v) is 1.59. The van der Waals surface area contributed by atoms with E-state index >= 15 is 0 Å². The van der Waals surface area contributed by atoms with E-state index in [1.165, 1.54) is 0 Å². The Labute approximate surface area is 98.6 Å². The Kier molecular flexibility index (Phi) is 8.55. The van der Waals surface area contributed by atoms with Crippen LogP contribution < -0.4 is 5.32 Å². The number of carbonyl (C=O) groups is 1. The predicted molar refractivity (Wildman–Crippen MR) is 64.9 cm³/mol. The van der Waals surface area contributed by atoms with Crippen molar-refractivity contribution in [2.24, 2.45) is 0 Å². The number of nitrogens with one attached hydrogen (secondary N) is 1. The van der Waals surface area contributed by atoms with Crippen LogP contribution in [0.3, 0.4) is 0 Å². The van der Waals surface area contributed by atoms with E-state index in [1.807, 2.05) is 18.7 Å². The van der Waals surface area contributed by atoms with Gasteiger partial charge in [-0.25, -0.2) is 0 Å². The highest BCUT2D eigenvalue weighted by Gasteiger charge is 2.10. The second-order valence-electron chi connectivity index (χ2n) is 4.03. The zero-order valence-corrected chi connectivity index (χ0v) is 10.6. The van der Waals surface area contributed by atoms with Gasteiger partial charge in [-0.15, -0.1) is 0 Å². The van der Waals surface area contributed by atoms with Crippen LogP contribution in [0.5, 0.6) is 0 Å². The summed E-state index contributed by atoms with van der Waals surface area (Å²) in [5, 5.41) is 11.4. The molecule has 0 aromatic heterocycles. The molecule has 1 amide bonds. The molecule has 0 aliphatic heterocycles. The van der Waals surface area contributed by atoms with Gasteiger partial charge in [0.25, 0.3) is 0 Å². The monoisotopic (exact) mass is 225 g/mol. The summed E-state index contributed by atoms with van der Waals surface area (Å²) in [7, 11) is 0. The fourth-order valence-electron chi connectivity index (χ4n) is 1.59. The number of nitriles is 1. The maximum absolute atomic E-state index is 11.6. The first kappa shape index (κ1) is 14.9. The molecular weight excluding hydrogens is 202 g/mol. The molecule has 0 bridgehead atoms. The molecule has 0 aromatic carbocycles. The van der Waals surface area contributed by atoms with Crippen molar-refractivity contribution in [1.29, 1.82) is 5.26 Å². The maximum atomic E-state index is 11.6. The van der Waals surface area contributed by atoms with Gasteiger partial charge in [0.05, 0.1) is 12.6 Å². The van der Waals surface area contributed by atoms with E-state index in [9.17, 15) is 4.79 Å². The Morgan fingerprint density at radius 3 is 2.69 bits per heavy atom. The van der Waals surface area contributed by atoms with Crippen LogP contribution >= 0.6 is 0 Å². The summed E-state index contributed by atoms with van der Waals surface area (Å²) in [6, 6.07) is 2.34. The lowest BCUT2D eigenvalue weighted by Gasteiger charge is -2.20. The molecule has 0 saturated heterocycles. The molecule has 0 aliphatic carbocycles. The van der Waals surface area contributed by atoms with Crippen molar-refractivity contribution in [3.05, 3.63) is 0 Å². The molecule has 92 valence electrons. The van der Waals surface area contributed by atoms with Crippen LogP contribution in [0.25, 0.3) is 0 Å². The molecule has 0 aromatic rings. The summed E-state index contributed by atoms with van der Waals surface area (Å²) < 4.78 is 0. The van der Waals surface area contributed by atoms with Gasteiger partial charge in [0.15, 0.2) is 0 Å². The van der Waals surface area contributed by atoms with Gasteiger partial charge in [0.1, 0.15) is 0 Å². The second kappa shape index (κ2) is 9.17. The lowest BCUT2D eigenvalue weighted by molar-refractivity contribution is -0.122. The van der Waals surface area contributed by atoms with Crippen LogP contribution in [-0.2, 0) is 4.79 Å². The van der Waals surface area contributed by atoms with Gasteiger partial charge in [0, 0.05) is 19.0 Å². The Hall–Kier alpha value is -1.08. The smallest absolute Gasteiger partial charge is 0.234 e. The normalized spacial score (nSPS) is 12.2. The minimum absolute atomic E-state index is 0.0562. The molecule has 0 radical (unpaired) electrons. The molecule has 0 aliphatic rings. The van der Waals surface area contributed by atoms with Gasteiger partial charge in [-0.2, -0.15) is 5.26 Å². The van der Waals surface area contributed by atoms with E-state index in [-0.39, 0.29) is 11.9 Å². The molecular formula is C12H23N3O. The van der Waals surface area contributed by atoms with Gasteiger partial charge in [-0.05, 0) is 19.9 Å². The maximum Gasteiger partial charge on any atom is 0.234 e. The van der Waals surface area contributed by atoms with E-state index in [1.54, 1.807) is 0 Å². The number of carbonyl (C=O) groups excluding carboxylic acids is 1. The van der Waals surface area contributed by atoms with Crippen LogP contribution in [0.2, 0.25) is 0 Å². The number of rotatable bonds is 8. The van der Waals surface area contributed by atoms with Crippen molar-refractivity contribution >= 4 is 5.91 Å². The number of likely N-dealkylation sites (N-methyl/N-ethyl adjacent to an activating group) is 1. The van der Waals surface area contributed by atoms with Crippen molar-refractivity contribution in [1.82, 2.24) is 10.2 Å². The summed E-state index contributed by atoms with van der Waals surface area (Å²) >= 11 is 0. The van der Waals surface area contributed by atoms with Crippen molar-refractivity contribution in [3.63, 3.8) is 0 Å². The highest BCUT2D eigenvalue weighted by atomic mass is 16.2. The number of hydrogen-bond donors (Lipinski definition) is 1. The second-order valence-corrected chi connectivity index (χ2v) is 4.03. The van der Waals surface area contributed by atoms with E-state index in [0.717, 1.165) is 19.4 Å². The lowest BCUT2D eigenvalue weighted by atomic mass is 10.2. The van der Waals surface area contributed by atoms with Crippen molar-refractivity contribution in [2.45, 2.75) is 46.1 Å². The summed E-state index contributed by atoms with van der Waals surface area (Å²) in [6.07, 6.45) is 2.56. The van der Waals surface area contributed by atoms with Gasteiger partial charge in [-0.3, -0.25) is 9.69 Å². The Morgan fingerprint density at radius 2 is 2.19 bits per heavy atom. The van der Waals surface area contributed by atoms with Crippen molar-refractivity contribution in [3.8, 4) is 6.07 Å². The zero-order valence-electron chi connectivity index (χ0n) is 10.6. The van der Waals surface area contributed by atoms with E-state index < -0.39 is 0 Å². The summed E-state index contributed by atoms with van der Waals surface area (Å²) in [6.45, 7) is 7.99. The van der Waals surface area contributed by atoms with Crippen molar-refractivity contribution < 1.29 is 4.79 Å². The zero-order chi connectivity index (χ0) is 12.4. The Balaban J connectivity index is 3.87. The number of hydrogen-bond acceptors (Lipinski definition) is 3. The van der Waals surface area contributed by atoms with Crippen molar-refractivity contribution in [2.75, 3.05) is 19.6 Å². The third-order valence-electron chi connectivity index (χ3n) is 2.48. The van der Waals surface area contributed by atoms with Crippen LogP contribution in [0.15, 0.2) is 0 Å². The first-order valence-corrected chi connectivity index (χ1v) is 6.02. The summed E-state index contributed by atoms with van der Waals surface area (Å²) in [5.41, 5.74) is 0. The molecule has 1 N–H and O–H groups in total. The molecule has 0 rings (SSSR count). The van der Waals surface area contributed by atoms with Crippen LogP contribution in [0.1, 0.15) is 40.0 Å². The van der Waals surface area contributed by atoms with Gasteiger partial charge in [-0.1, -0.05) is 20.3 Å². The largest absolute Gasteiger partial charge is 0.353 e. The van der Waals surface area contributed by atoms with Gasteiger partial charge < -0.3 is 5.32 Å². The summed E-state index contributed by atoms with van der Waals surface area (Å²) in [4.78, 5) is 13.6. The van der Waals surface area contributed by atoms with Gasteiger partial charge in [0.2, 0.25) is 5.91 Å². The predicted octanol–water partition coefficient (Wildman–Crippen LogP) is 1.53. The molecule has 16 heavy (non-hydrogen) atoms. The SMILES string of the molecule is CCCC(C)NC(=O)CN(CC)CCC#N. The van der Waals surface area contributed by atoms with E-state index in [4.69, 9.17) is 5.26 Å². The molecule has 1 atom stereocenters. The molecule has 0 spiro atoms. The van der Waals surface area contributed by atoms with E-state index in [2.05, 4.69) is 18.3 Å². The minimum atomic E-state index is 0.0562. The van der Waals surface area contributed by atoms with Crippen LogP contribution in [0.4, 0.5) is 0 Å². The first-order chi connectivity index (χ1) is 7.63. The quantitative estimate of drug-likeness (QED) is 0.681. The number of amides is 1. The number of nitrogens with zero attached hydrogens (tertiary/aromatic N) is 2. The summed E-state index contributed by atoms with van der Waals surface area (Å²) in [5.74, 6) is 0.0562. The average molecular weight is 225 g/mol. The molecule has 4 nitrogen and oxygen atoms in total. The molecule has 4 heteroatoms. The lowest BCUT2D eigenvalue weighted by Crippen LogP contribution is -2.41. The molecule has 0 saturated carbocycles. The van der Waals surface area contributed by atoms with E-state index in [0.29, 0.717) is 19.5 Å².